The summed E-state index contributed by atoms with van der Waals surface area (Å²) in [6.07, 6.45) is 6.33. The number of benzene rings is 3. The summed E-state index contributed by atoms with van der Waals surface area (Å²) in [5.41, 5.74) is 7.64. The van der Waals surface area contributed by atoms with Crippen LogP contribution in [0.5, 0.6) is 0 Å². The lowest BCUT2D eigenvalue weighted by molar-refractivity contribution is -0.232. The van der Waals surface area contributed by atoms with Crippen molar-refractivity contribution < 1.29 is 47.5 Å². The Kier molecular flexibility index (Phi) is 12.4. The number of likely N-dealkylation sites (N-methyl/N-ethyl adjacent to an activating group) is 1. The molecule has 3 heterocycles. The maximum absolute atomic E-state index is 10.6. The molecule has 50 heavy (non-hydrogen) atoms. The quantitative estimate of drug-likeness (QED) is 0.119. The molecular weight excluding hydrogens is 698 g/mol. The molecule has 2 aromatic carbocycles. The van der Waals surface area contributed by atoms with Gasteiger partial charge in [0, 0.05) is 42.1 Å². The first-order valence-electron chi connectivity index (χ1n) is 15.7. The summed E-state index contributed by atoms with van der Waals surface area (Å²) < 4.78 is 7.42. The van der Waals surface area contributed by atoms with Crippen molar-refractivity contribution in [2.24, 2.45) is 5.92 Å². The fourth-order valence-corrected chi connectivity index (χ4v) is 7.99. The number of hydrogen-bond donors (Lipinski definition) is 5. The third-order valence-electron chi connectivity index (χ3n) is 8.39. The number of cyclic esters (lactones) is 1. The Labute approximate surface area is 305 Å². The van der Waals surface area contributed by atoms with Gasteiger partial charge in [-0.3, -0.25) is 0 Å². The minimum absolute atomic E-state index is 0. The highest BCUT2D eigenvalue weighted by molar-refractivity contribution is 8.00. The molecule has 5 aliphatic rings. The molecule has 10 nitrogen and oxygen atoms in total. The highest BCUT2D eigenvalue weighted by atomic mass is 35.5. The summed E-state index contributed by atoms with van der Waals surface area (Å²) in [6, 6.07) is 19.7. The Morgan fingerprint density at radius 2 is 1.76 bits per heavy atom. The van der Waals surface area contributed by atoms with Gasteiger partial charge in [-0.05, 0) is 73.7 Å². The van der Waals surface area contributed by atoms with Crippen molar-refractivity contribution in [2.45, 2.75) is 42.3 Å². The number of aryl methyl sites for hydroxylation is 2. The number of allylic oxidation sites excluding steroid dienone is 2. The van der Waals surface area contributed by atoms with Crippen molar-refractivity contribution in [3.63, 3.8) is 0 Å². The molecule has 0 radical (unpaired) electrons. The van der Waals surface area contributed by atoms with Gasteiger partial charge in [0.05, 0.1) is 27.4 Å². The number of aliphatic hydroxyl groups excluding tert-OH is 4. The minimum Gasteiger partial charge on any atom is -1.00 e. The monoisotopic (exact) mass is 739 g/mol. The molecule has 0 aromatic heterocycles. The molecule has 0 saturated heterocycles. The molecule has 7 rings (SSSR count). The van der Waals surface area contributed by atoms with E-state index >= 15 is 0 Å². The third-order valence-corrected chi connectivity index (χ3v) is 10.9. The molecule has 2 unspecified atom stereocenters. The molecule has 2 aromatic rings. The maximum atomic E-state index is 10.6. The number of carbonyl (C=O) groups excluding carboxylic acids is 1. The summed E-state index contributed by atoms with van der Waals surface area (Å²) in [5.74, 6) is -5.86. The lowest BCUT2D eigenvalue weighted by Crippen LogP contribution is -3.00. The second kappa shape index (κ2) is 16.0. The van der Waals surface area contributed by atoms with Crippen LogP contribution in [0.2, 0.25) is 0 Å². The third kappa shape index (κ3) is 8.34. The molecule has 5 N–H and O–H groups in total. The van der Waals surface area contributed by atoms with Crippen LogP contribution in [0.3, 0.4) is 0 Å². The van der Waals surface area contributed by atoms with Gasteiger partial charge in [-0.25, -0.2) is 14.4 Å². The second-order valence-electron chi connectivity index (χ2n) is 12.6. The number of nitrogens with zero attached hydrogens (tertiary/aromatic N) is 3. The van der Waals surface area contributed by atoms with E-state index in [1.54, 1.807) is 0 Å². The first kappa shape index (κ1) is 38.9. The van der Waals surface area contributed by atoms with Crippen molar-refractivity contribution in [1.82, 2.24) is 14.5 Å². The van der Waals surface area contributed by atoms with Gasteiger partial charge in [0.25, 0.3) is 0 Å². The zero-order valence-corrected chi connectivity index (χ0v) is 31.1. The zero-order valence-electron chi connectivity index (χ0n) is 28.7. The molecule has 0 saturated carbocycles. The van der Waals surface area contributed by atoms with E-state index in [2.05, 4.69) is 129 Å². The lowest BCUT2D eigenvalue weighted by Gasteiger charge is -2.33. The summed E-state index contributed by atoms with van der Waals surface area (Å²) in [5, 5.41) is 46.1. The van der Waals surface area contributed by atoms with Crippen molar-refractivity contribution in [2.75, 3.05) is 34.8 Å². The van der Waals surface area contributed by atoms with Crippen molar-refractivity contribution in [3.8, 4) is 10.6 Å². The maximum Gasteiger partial charge on any atom is 0.380 e. The van der Waals surface area contributed by atoms with E-state index in [-0.39, 0.29) is 12.4 Å². The number of hydrogen-bond acceptors (Lipinski definition) is 11. The summed E-state index contributed by atoms with van der Waals surface area (Å²) in [7, 11) is 8.35. The van der Waals surface area contributed by atoms with Crippen LogP contribution in [0.4, 0.5) is 0 Å². The number of aromatic nitrogens is 1. The molecule has 3 aliphatic heterocycles. The van der Waals surface area contributed by atoms with Gasteiger partial charge in [-0.1, -0.05) is 29.8 Å². The van der Waals surface area contributed by atoms with Gasteiger partial charge in [0.2, 0.25) is 16.9 Å². The molecule has 13 heteroatoms. The standard InChI is InChI=1S/C16H19NS.C15H15N2S.C6H8O7.ClH/c1-11-4-5-12-9-13-6-7-14(17(2)3)10-16(13)18-15(12)8-11;1-10-4-6-12-14(8-10)18-15-9-11(17(2)3)5-7-13(15)16-12;7-1-2(8)6(12)4(10)3(9)5(11)13-6;/h4-8,10,13,16H,9H2,1-3H3;4-9H,1-3H3;2,7-10,12H,1H2;1H/q;+1;;/p-1/t;;2-,6+;/m..0./s1. The van der Waals surface area contributed by atoms with Crippen molar-refractivity contribution in [1.29, 1.82) is 0 Å². The predicted molar refractivity (Wildman–Crippen MR) is 193 cm³/mol. The van der Waals surface area contributed by atoms with Gasteiger partial charge >= 0.3 is 11.8 Å². The molecule has 266 valence electrons. The van der Waals surface area contributed by atoms with E-state index in [1.807, 2.05) is 23.1 Å². The van der Waals surface area contributed by atoms with Crippen molar-refractivity contribution in [3.05, 3.63) is 112 Å². The Balaban J connectivity index is 0.000000170. The Morgan fingerprint density at radius 1 is 1.06 bits per heavy atom. The number of fused-ring (bicyclic) bond motifs is 4. The van der Waals surface area contributed by atoms with Crippen LogP contribution in [0.15, 0.2) is 94.9 Å². The first-order chi connectivity index (χ1) is 23.2. The van der Waals surface area contributed by atoms with Gasteiger partial charge in [-0.15, -0.1) is 23.1 Å². The van der Waals surface area contributed by atoms with Gasteiger partial charge in [-0.2, -0.15) is 0 Å². The number of thioether (sulfide) groups is 1. The SMILES string of the molecule is Cc1ccc2c(c1)SC1C=C(N(C)C)C=CC1C2.Cc1ccc2nc3ccc(=[N+](C)C)cc-3sc2c1.O=C1O[C@](O)([C@@H](O)CO)C(O)=C1O.[Cl-]. The highest BCUT2D eigenvalue weighted by Gasteiger charge is 2.53. The Morgan fingerprint density at radius 3 is 2.40 bits per heavy atom. The summed E-state index contributed by atoms with van der Waals surface area (Å²) >= 11 is 3.83. The highest BCUT2D eigenvalue weighted by Crippen LogP contribution is 2.42. The van der Waals surface area contributed by atoms with E-state index < -0.39 is 36.0 Å². The smallest absolute Gasteiger partial charge is 0.380 e. The second-order valence-corrected chi connectivity index (χ2v) is 14.9. The molecule has 0 amide bonds. The van der Waals surface area contributed by atoms with Gasteiger partial charge in [0.15, 0.2) is 6.10 Å². The van der Waals surface area contributed by atoms with Crippen LogP contribution in [-0.4, -0.2) is 93.3 Å². The van der Waals surface area contributed by atoms with Crippen LogP contribution in [-0.2, 0) is 16.0 Å². The van der Waals surface area contributed by atoms with Crippen LogP contribution in [0, 0.1) is 19.8 Å². The Hall–Kier alpha value is -3.91. The van der Waals surface area contributed by atoms with E-state index in [0.717, 1.165) is 11.2 Å². The predicted octanol–water partition coefficient (Wildman–Crippen LogP) is 1.30. The summed E-state index contributed by atoms with van der Waals surface area (Å²) in [6.45, 7) is 3.35. The molecule has 0 fully saturated rings. The molecule has 0 spiro atoms. The number of carbonyl (C=O) groups is 1. The average molecular weight is 740 g/mol. The zero-order chi connectivity index (χ0) is 35.6. The van der Waals surface area contributed by atoms with Crippen LogP contribution < -0.4 is 22.3 Å². The molecule has 4 atom stereocenters. The number of esters is 1. The minimum atomic E-state index is -2.75. The number of ether oxygens (including phenoxy) is 1. The average Bonchev–Trinajstić information content (AvgIpc) is 3.28. The van der Waals surface area contributed by atoms with Crippen LogP contribution >= 0.6 is 23.1 Å². The van der Waals surface area contributed by atoms with Crippen LogP contribution in [0.25, 0.3) is 20.8 Å². The fourth-order valence-electron chi connectivity index (χ4n) is 5.48. The first-order valence-corrected chi connectivity index (χ1v) is 17.4. The number of halogens is 1. The topological polar surface area (TPSA) is 147 Å². The van der Waals surface area contributed by atoms with Crippen molar-refractivity contribution >= 4 is 39.3 Å². The number of aliphatic hydroxyl groups is 5. The normalized spacial score (nSPS) is 21.0. The lowest BCUT2D eigenvalue weighted by atomic mass is 9.90. The van der Waals surface area contributed by atoms with Crippen LogP contribution in [0.1, 0.15) is 16.7 Å². The van der Waals surface area contributed by atoms with E-state index in [0.29, 0.717) is 11.2 Å². The van der Waals surface area contributed by atoms with E-state index in [4.69, 9.17) is 25.4 Å². The summed E-state index contributed by atoms with van der Waals surface area (Å²) in [4.78, 5) is 20.2. The molecule has 2 aliphatic carbocycles. The van der Waals surface area contributed by atoms with Gasteiger partial charge in [0.1, 0.15) is 14.1 Å². The molecular formula is C37H42ClN3O7S2. The fraction of sp³-hybridized carbons (Fsp3) is 0.324. The number of rotatable bonds is 3. The van der Waals surface area contributed by atoms with E-state index in [1.165, 1.54) is 48.6 Å². The largest absolute Gasteiger partial charge is 1.00 e. The Bertz CT molecular complexity index is 2020. The molecule has 0 bridgehead atoms. The van der Waals surface area contributed by atoms with E-state index in [9.17, 15) is 9.90 Å². The van der Waals surface area contributed by atoms with Gasteiger partial charge < -0.3 is 47.6 Å².